The molecule has 1 spiro atoms. The lowest BCUT2D eigenvalue weighted by molar-refractivity contribution is -0.0146. The van der Waals surface area contributed by atoms with Gasteiger partial charge in [-0.15, -0.1) is 0 Å². The zero-order valence-corrected chi connectivity index (χ0v) is 11.5. The fraction of sp³-hybridized carbons (Fsp3) is 0.778. The van der Waals surface area contributed by atoms with E-state index in [0.717, 1.165) is 23.7 Å². The number of fused-ring (bicyclic) bond motifs is 4. The minimum absolute atomic E-state index is 0.491. The average molecular weight is 242 g/mol. The molecule has 0 radical (unpaired) electrons. The molecule has 98 valence electrons. The number of allylic oxidation sites excluding steroid dienone is 4. The molecule has 18 heavy (non-hydrogen) atoms. The molecule has 0 amide bonds. The summed E-state index contributed by atoms with van der Waals surface area (Å²) in [6, 6.07) is 0. The highest BCUT2D eigenvalue weighted by atomic mass is 14.5. The Hall–Kier alpha value is -0.520. The van der Waals surface area contributed by atoms with E-state index in [-0.39, 0.29) is 0 Å². The van der Waals surface area contributed by atoms with Crippen LogP contribution in [0.25, 0.3) is 0 Å². The third-order valence-corrected chi connectivity index (χ3v) is 6.64. The Balaban J connectivity index is 1.64. The van der Waals surface area contributed by atoms with Gasteiger partial charge in [-0.2, -0.15) is 0 Å². The van der Waals surface area contributed by atoms with E-state index >= 15 is 0 Å². The third-order valence-electron chi connectivity index (χ3n) is 6.64. The van der Waals surface area contributed by atoms with Crippen molar-refractivity contribution in [3.05, 3.63) is 24.3 Å². The van der Waals surface area contributed by atoms with Crippen molar-refractivity contribution in [1.29, 1.82) is 0 Å². The molecule has 3 fully saturated rings. The van der Waals surface area contributed by atoms with Crippen LogP contribution < -0.4 is 0 Å². The maximum absolute atomic E-state index is 2.55. The summed E-state index contributed by atoms with van der Waals surface area (Å²) >= 11 is 0. The lowest BCUT2D eigenvalue weighted by Gasteiger charge is -2.54. The minimum Gasteiger partial charge on any atom is -0.0743 e. The lowest BCUT2D eigenvalue weighted by Crippen LogP contribution is -2.45. The highest BCUT2D eigenvalue weighted by Gasteiger charge is 2.49. The van der Waals surface area contributed by atoms with Crippen molar-refractivity contribution in [1.82, 2.24) is 0 Å². The van der Waals surface area contributed by atoms with E-state index in [9.17, 15) is 0 Å². The number of hydrogen-bond acceptors (Lipinski definition) is 0. The predicted octanol–water partition coefficient (Wildman–Crippen LogP) is 5.12. The van der Waals surface area contributed by atoms with Crippen molar-refractivity contribution >= 4 is 0 Å². The molecule has 0 aromatic rings. The molecular formula is C18H26. The maximum atomic E-state index is 2.55. The van der Waals surface area contributed by atoms with Gasteiger partial charge in [0.2, 0.25) is 0 Å². The Morgan fingerprint density at radius 2 is 1.50 bits per heavy atom. The van der Waals surface area contributed by atoms with Crippen molar-refractivity contribution < 1.29 is 0 Å². The standard InChI is InChI=1S/C18H26/c1-2-7-15-14(6-1)9-10-17-16(15)8-5-13-18(17)11-3-4-12-18/h3-4,11-12,14-17H,1-2,5-10,13H2. The van der Waals surface area contributed by atoms with Gasteiger partial charge in [-0.1, -0.05) is 50.0 Å². The van der Waals surface area contributed by atoms with E-state index in [1.807, 2.05) is 0 Å². The summed E-state index contributed by atoms with van der Waals surface area (Å²) in [7, 11) is 0. The SMILES string of the molecule is C1=CC2(C=C1)CCCC1C3CCCCC3CCC12. The zero-order chi connectivity index (χ0) is 12.0. The third kappa shape index (κ3) is 1.57. The highest BCUT2D eigenvalue weighted by Crippen LogP contribution is 2.58. The summed E-state index contributed by atoms with van der Waals surface area (Å²) < 4.78 is 0. The quantitative estimate of drug-likeness (QED) is 0.553. The maximum Gasteiger partial charge on any atom is 0.00981 e. The van der Waals surface area contributed by atoms with Crippen LogP contribution in [0.15, 0.2) is 24.3 Å². The topological polar surface area (TPSA) is 0 Å². The summed E-state index contributed by atoms with van der Waals surface area (Å²) in [5, 5.41) is 0. The zero-order valence-electron chi connectivity index (χ0n) is 11.5. The van der Waals surface area contributed by atoms with Gasteiger partial charge >= 0.3 is 0 Å². The van der Waals surface area contributed by atoms with Crippen LogP contribution in [-0.2, 0) is 0 Å². The molecule has 4 atom stereocenters. The Morgan fingerprint density at radius 3 is 2.39 bits per heavy atom. The van der Waals surface area contributed by atoms with Crippen LogP contribution in [0.3, 0.4) is 0 Å². The summed E-state index contributed by atoms with van der Waals surface area (Å²) in [4.78, 5) is 0. The average Bonchev–Trinajstić information content (AvgIpc) is 2.88. The molecule has 0 bridgehead atoms. The van der Waals surface area contributed by atoms with Crippen LogP contribution in [0, 0.1) is 29.1 Å². The normalized spacial score (nSPS) is 44.9. The van der Waals surface area contributed by atoms with Crippen LogP contribution in [0.5, 0.6) is 0 Å². The molecule has 0 nitrogen and oxygen atoms in total. The van der Waals surface area contributed by atoms with E-state index < -0.39 is 0 Å². The van der Waals surface area contributed by atoms with E-state index in [4.69, 9.17) is 0 Å². The van der Waals surface area contributed by atoms with Crippen molar-refractivity contribution in [3.8, 4) is 0 Å². The predicted molar refractivity (Wildman–Crippen MR) is 76.2 cm³/mol. The molecule has 0 aromatic heterocycles. The van der Waals surface area contributed by atoms with Crippen LogP contribution >= 0.6 is 0 Å². The molecule has 0 aromatic carbocycles. The van der Waals surface area contributed by atoms with E-state index in [1.165, 1.54) is 44.9 Å². The summed E-state index contributed by atoms with van der Waals surface area (Å²) in [5.74, 6) is 4.24. The first-order valence-corrected chi connectivity index (χ1v) is 8.26. The first kappa shape index (κ1) is 11.3. The molecule has 0 heterocycles. The van der Waals surface area contributed by atoms with Crippen molar-refractivity contribution in [2.45, 2.75) is 57.8 Å². The van der Waals surface area contributed by atoms with E-state index in [0.29, 0.717) is 5.41 Å². The van der Waals surface area contributed by atoms with Crippen molar-refractivity contribution in [2.24, 2.45) is 29.1 Å². The van der Waals surface area contributed by atoms with Gasteiger partial charge in [-0.05, 0) is 55.8 Å². The molecule has 4 aliphatic carbocycles. The summed E-state index contributed by atoms with van der Waals surface area (Å²) in [5.41, 5.74) is 0.491. The van der Waals surface area contributed by atoms with Gasteiger partial charge in [0.1, 0.15) is 0 Å². The van der Waals surface area contributed by atoms with Gasteiger partial charge in [0.15, 0.2) is 0 Å². The number of hydrogen-bond donors (Lipinski definition) is 0. The largest absolute Gasteiger partial charge is 0.0743 e. The van der Waals surface area contributed by atoms with Crippen molar-refractivity contribution in [2.75, 3.05) is 0 Å². The van der Waals surface area contributed by atoms with Crippen LogP contribution in [0.4, 0.5) is 0 Å². The van der Waals surface area contributed by atoms with Gasteiger partial charge < -0.3 is 0 Å². The minimum atomic E-state index is 0.491. The second kappa shape index (κ2) is 4.25. The van der Waals surface area contributed by atoms with Crippen LogP contribution in [0.2, 0.25) is 0 Å². The van der Waals surface area contributed by atoms with Gasteiger partial charge in [0.05, 0.1) is 0 Å². The molecule has 0 saturated heterocycles. The fourth-order valence-corrected chi connectivity index (χ4v) is 5.92. The molecule has 0 heteroatoms. The highest BCUT2D eigenvalue weighted by molar-refractivity contribution is 5.28. The van der Waals surface area contributed by atoms with E-state index in [2.05, 4.69) is 24.3 Å². The van der Waals surface area contributed by atoms with Crippen LogP contribution in [0.1, 0.15) is 57.8 Å². The van der Waals surface area contributed by atoms with Gasteiger partial charge in [0, 0.05) is 5.41 Å². The second-order valence-corrected chi connectivity index (χ2v) is 7.28. The first-order valence-electron chi connectivity index (χ1n) is 8.26. The van der Waals surface area contributed by atoms with Crippen molar-refractivity contribution in [3.63, 3.8) is 0 Å². The Labute approximate surface area is 112 Å². The van der Waals surface area contributed by atoms with Gasteiger partial charge in [0.25, 0.3) is 0 Å². The second-order valence-electron chi connectivity index (χ2n) is 7.28. The first-order chi connectivity index (χ1) is 8.89. The Morgan fingerprint density at radius 1 is 0.722 bits per heavy atom. The fourth-order valence-electron chi connectivity index (χ4n) is 5.92. The monoisotopic (exact) mass is 242 g/mol. The summed E-state index contributed by atoms with van der Waals surface area (Å²) in [6.45, 7) is 0. The molecule has 0 N–H and O–H groups in total. The molecule has 4 aliphatic rings. The molecule has 3 saturated carbocycles. The lowest BCUT2D eigenvalue weighted by atomic mass is 9.51. The van der Waals surface area contributed by atoms with E-state index in [1.54, 1.807) is 12.8 Å². The molecular weight excluding hydrogens is 216 g/mol. The van der Waals surface area contributed by atoms with Crippen LogP contribution in [-0.4, -0.2) is 0 Å². The smallest absolute Gasteiger partial charge is 0.00981 e. The van der Waals surface area contributed by atoms with Gasteiger partial charge in [-0.25, -0.2) is 0 Å². The molecule has 4 unspecified atom stereocenters. The summed E-state index contributed by atoms with van der Waals surface area (Å²) in [6.07, 6.45) is 23.3. The number of rotatable bonds is 0. The Bertz CT molecular complexity index is 363. The molecule has 0 aliphatic heterocycles. The Kier molecular flexibility index (Phi) is 2.67. The molecule has 4 rings (SSSR count). The van der Waals surface area contributed by atoms with Gasteiger partial charge in [-0.3, -0.25) is 0 Å².